The van der Waals surface area contributed by atoms with Crippen molar-refractivity contribution in [2.24, 2.45) is 5.92 Å². The van der Waals surface area contributed by atoms with Crippen molar-refractivity contribution in [2.45, 2.75) is 38.8 Å². The van der Waals surface area contributed by atoms with Crippen LogP contribution in [0.2, 0.25) is 0 Å². The number of alkyl carbamates (subject to hydrolysis) is 1. The molecule has 0 saturated carbocycles. The molecule has 0 spiro atoms. The van der Waals surface area contributed by atoms with Crippen molar-refractivity contribution < 1.29 is 14.3 Å². The maximum absolute atomic E-state index is 13.4. The Balaban J connectivity index is 1.30. The van der Waals surface area contributed by atoms with E-state index in [0.29, 0.717) is 6.54 Å². The number of methoxy groups -OCH3 is 1. The number of aromatic nitrogens is 5. The number of likely N-dealkylation sites (tertiary alicyclic amines) is 1. The molecule has 1 aliphatic heterocycles. The van der Waals surface area contributed by atoms with Gasteiger partial charge in [-0.3, -0.25) is 4.79 Å². The summed E-state index contributed by atoms with van der Waals surface area (Å²) >= 11 is 0. The Morgan fingerprint density at radius 2 is 1.85 bits per heavy atom. The molecule has 5 rings (SSSR count). The lowest BCUT2D eigenvalue weighted by molar-refractivity contribution is -0.135. The lowest BCUT2D eigenvalue weighted by Crippen LogP contribution is -2.51. The molecule has 3 heterocycles. The Kier molecular flexibility index (Phi) is 7.64. The van der Waals surface area contributed by atoms with Gasteiger partial charge in [-0.25, -0.2) is 14.5 Å². The van der Waals surface area contributed by atoms with Crippen molar-refractivity contribution in [3.8, 4) is 40.5 Å². The second kappa shape index (κ2) is 11.5. The van der Waals surface area contributed by atoms with Crippen LogP contribution in [0.25, 0.3) is 28.2 Å². The summed E-state index contributed by atoms with van der Waals surface area (Å²) in [6.07, 6.45) is 10.1. The first-order valence-electron chi connectivity index (χ1n) is 13.2. The second-order valence-electron chi connectivity index (χ2n) is 10.0. The lowest BCUT2D eigenvalue weighted by Gasteiger charge is -2.30. The first-order valence-corrected chi connectivity index (χ1v) is 13.2. The first kappa shape index (κ1) is 26.7. The Morgan fingerprint density at radius 1 is 1.12 bits per heavy atom. The molecular formula is C30H31N7O3. The van der Waals surface area contributed by atoms with Crippen molar-refractivity contribution in [2.75, 3.05) is 13.7 Å². The molecule has 1 unspecified atom stereocenters. The number of amides is 2. The second-order valence-corrected chi connectivity index (χ2v) is 10.0. The van der Waals surface area contributed by atoms with Gasteiger partial charge >= 0.3 is 6.09 Å². The van der Waals surface area contributed by atoms with E-state index < -0.39 is 12.1 Å². The van der Waals surface area contributed by atoms with Crippen LogP contribution < -0.4 is 5.32 Å². The zero-order valence-corrected chi connectivity index (χ0v) is 22.7. The maximum atomic E-state index is 13.4. The molecule has 10 heteroatoms. The number of terminal acetylenes is 1. The maximum Gasteiger partial charge on any atom is 0.407 e. The number of hydrogen-bond acceptors (Lipinski definition) is 6. The average molecular weight is 538 g/mol. The molecule has 4 aromatic rings. The number of rotatable bonds is 7. The third-order valence-electron chi connectivity index (χ3n) is 7.12. The van der Waals surface area contributed by atoms with Crippen molar-refractivity contribution >= 4 is 12.0 Å². The third-order valence-corrected chi connectivity index (χ3v) is 7.12. The van der Waals surface area contributed by atoms with Gasteiger partial charge in [0, 0.05) is 17.7 Å². The number of imidazole rings is 1. The van der Waals surface area contributed by atoms with Gasteiger partial charge in [-0.05, 0) is 48.6 Å². The predicted octanol–water partition coefficient (Wildman–Crippen LogP) is 4.35. The van der Waals surface area contributed by atoms with Crippen LogP contribution >= 0.6 is 0 Å². The summed E-state index contributed by atoms with van der Waals surface area (Å²) in [6, 6.07) is 14.7. The molecule has 0 aliphatic carbocycles. The largest absolute Gasteiger partial charge is 0.453 e. The molecule has 2 aromatic carbocycles. The van der Waals surface area contributed by atoms with Crippen molar-refractivity contribution in [3.05, 3.63) is 72.3 Å². The molecule has 204 valence electrons. The molecule has 2 aromatic heterocycles. The van der Waals surface area contributed by atoms with Gasteiger partial charge in [0.25, 0.3) is 0 Å². The van der Waals surface area contributed by atoms with Gasteiger partial charge in [-0.2, -0.15) is 0 Å². The van der Waals surface area contributed by atoms with E-state index >= 15 is 0 Å². The smallest absolute Gasteiger partial charge is 0.407 e. The first-order chi connectivity index (χ1) is 19.4. The highest BCUT2D eigenvalue weighted by atomic mass is 16.5. The highest BCUT2D eigenvalue weighted by molar-refractivity contribution is 5.86. The fourth-order valence-corrected chi connectivity index (χ4v) is 4.90. The van der Waals surface area contributed by atoms with Gasteiger partial charge in [0.2, 0.25) is 5.91 Å². The van der Waals surface area contributed by atoms with E-state index in [2.05, 4.69) is 31.5 Å². The number of hydrogen-bond donors (Lipinski definition) is 2. The van der Waals surface area contributed by atoms with Gasteiger partial charge in [0.1, 0.15) is 17.6 Å². The molecule has 2 amide bonds. The molecule has 2 atom stereocenters. The summed E-state index contributed by atoms with van der Waals surface area (Å²) in [5.74, 6) is 3.11. The SMILES string of the molecule is C#Cc1ccc(-c2cn(-c3ccc(-c4cnc(C5CCCN5C(=O)[C@@H](NC(=O)OC)C(C)C)[nH]4)cc3)nn2)cc1. The monoisotopic (exact) mass is 537 g/mol. The average Bonchev–Trinajstić information content (AvgIpc) is 3.76. The summed E-state index contributed by atoms with van der Waals surface area (Å²) in [6.45, 7) is 4.40. The fourth-order valence-electron chi connectivity index (χ4n) is 4.90. The van der Waals surface area contributed by atoms with Crippen LogP contribution in [0.4, 0.5) is 4.79 Å². The molecule has 0 radical (unpaired) electrons. The van der Waals surface area contributed by atoms with E-state index in [4.69, 9.17) is 11.2 Å². The minimum Gasteiger partial charge on any atom is -0.453 e. The van der Waals surface area contributed by atoms with Gasteiger partial charge in [0.15, 0.2) is 0 Å². The van der Waals surface area contributed by atoms with E-state index in [1.54, 1.807) is 15.8 Å². The number of benzene rings is 2. The van der Waals surface area contributed by atoms with E-state index in [1.165, 1.54) is 7.11 Å². The van der Waals surface area contributed by atoms with Crippen LogP contribution in [0.1, 0.15) is 44.1 Å². The highest BCUT2D eigenvalue weighted by Crippen LogP contribution is 2.33. The number of carbonyl (C=O) groups is 2. The molecule has 40 heavy (non-hydrogen) atoms. The lowest BCUT2D eigenvalue weighted by atomic mass is 10.0. The van der Waals surface area contributed by atoms with Crippen LogP contribution in [-0.4, -0.2) is 61.6 Å². The highest BCUT2D eigenvalue weighted by Gasteiger charge is 2.37. The van der Waals surface area contributed by atoms with Gasteiger partial charge in [-0.15, -0.1) is 11.5 Å². The summed E-state index contributed by atoms with van der Waals surface area (Å²) in [7, 11) is 1.29. The topological polar surface area (TPSA) is 118 Å². The Labute approximate surface area is 232 Å². The molecule has 1 saturated heterocycles. The van der Waals surface area contributed by atoms with Gasteiger partial charge in [0.05, 0.1) is 36.9 Å². The van der Waals surface area contributed by atoms with Crippen LogP contribution in [0, 0.1) is 18.3 Å². The van der Waals surface area contributed by atoms with E-state index in [9.17, 15) is 9.59 Å². The molecule has 1 fully saturated rings. The summed E-state index contributed by atoms with van der Waals surface area (Å²) in [5.41, 5.74) is 5.18. The minimum absolute atomic E-state index is 0.0893. The summed E-state index contributed by atoms with van der Waals surface area (Å²) in [4.78, 5) is 35.0. The van der Waals surface area contributed by atoms with E-state index in [1.807, 2.05) is 68.6 Å². The number of aromatic amines is 1. The molecule has 0 bridgehead atoms. The third kappa shape index (κ3) is 5.45. The summed E-state index contributed by atoms with van der Waals surface area (Å²) in [5, 5.41) is 11.2. The van der Waals surface area contributed by atoms with E-state index in [-0.39, 0.29) is 17.9 Å². The molecule has 1 aliphatic rings. The number of nitrogens with zero attached hydrogens (tertiary/aromatic N) is 5. The number of H-pyrrole nitrogens is 1. The van der Waals surface area contributed by atoms with Crippen LogP contribution in [-0.2, 0) is 9.53 Å². The molecule has 10 nitrogen and oxygen atoms in total. The Morgan fingerprint density at radius 3 is 2.52 bits per heavy atom. The summed E-state index contributed by atoms with van der Waals surface area (Å²) < 4.78 is 6.44. The van der Waals surface area contributed by atoms with Crippen LogP contribution in [0.3, 0.4) is 0 Å². The zero-order valence-electron chi connectivity index (χ0n) is 22.7. The van der Waals surface area contributed by atoms with Crippen LogP contribution in [0.5, 0.6) is 0 Å². The standard InChI is InChI=1S/C30H31N7O3/c1-5-20-8-10-22(11-9-20)25-18-37(35-34-25)23-14-12-21(13-15-23)24-17-31-28(32-24)26-7-6-16-36(26)29(38)27(19(2)3)33-30(39)40-4/h1,8-15,17-19,26-27H,6-7,16H2,2-4H3,(H,31,32)(H,33,39)/t26?,27-/m0/s1. The Hall–Kier alpha value is -4.91. The molecular weight excluding hydrogens is 506 g/mol. The number of ether oxygens (including phenoxy) is 1. The fraction of sp³-hybridized carbons (Fsp3) is 0.300. The zero-order chi connectivity index (χ0) is 28.2. The predicted molar refractivity (Wildman–Crippen MR) is 150 cm³/mol. The van der Waals surface area contributed by atoms with Crippen LogP contribution in [0.15, 0.2) is 60.9 Å². The van der Waals surface area contributed by atoms with E-state index in [0.717, 1.165) is 52.4 Å². The van der Waals surface area contributed by atoms with Crippen molar-refractivity contribution in [1.29, 1.82) is 0 Å². The number of nitrogens with one attached hydrogen (secondary N) is 2. The van der Waals surface area contributed by atoms with Gasteiger partial charge in [-0.1, -0.05) is 49.2 Å². The Bertz CT molecular complexity index is 1530. The number of carbonyl (C=O) groups excluding carboxylic acids is 2. The molecule has 2 N–H and O–H groups in total. The van der Waals surface area contributed by atoms with Gasteiger partial charge < -0.3 is 19.9 Å². The van der Waals surface area contributed by atoms with Crippen molar-refractivity contribution in [3.63, 3.8) is 0 Å². The normalized spacial score (nSPS) is 15.6. The minimum atomic E-state index is -0.672. The van der Waals surface area contributed by atoms with Crippen molar-refractivity contribution in [1.82, 2.24) is 35.2 Å². The quantitative estimate of drug-likeness (QED) is 0.339.